The highest BCUT2D eigenvalue weighted by Crippen LogP contribution is 2.25. The SMILES string of the molecule is C=CCN(C)c1ccc(Cl)c(S(=O)(=O)N(C)CCCn2ccnc2)n1. The highest BCUT2D eigenvalue weighted by molar-refractivity contribution is 7.89. The number of rotatable bonds is 9. The molecule has 0 N–H and O–H groups in total. The Labute approximate surface area is 153 Å². The molecule has 7 nitrogen and oxygen atoms in total. The van der Waals surface area contributed by atoms with E-state index in [4.69, 9.17) is 11.6 Å². The third-order valence-corrected chi connectivity index (χ3v) is 5.92. The molecule has 0 aliphatic heterocycles. The minimum Gasteiger partial charge on any atom is -0.356 e. The van der Waals surface area contributed by atoms with Crippen LogP contribution in [0.15, 0.2) is 48.5 Å². The molecule has 2 aromatic rings. The number of pyridine rings is 1. The van der Waals surface area contributed by atoms with E-state index in [1.807, 2.05) is 17.8 Å². The predicted octanol–water partition coefficient (Wildman–Crippen LogP) is 2.26. The van der Waals surface area contributed by atoms with Gasteiger partial charge < -0.3 is 9.47 Å². The lowest BCUT2D eigenvalue weighted by molar-refractivity contribution is 0.444. The molecule has 2 heterocycles. The maximum Gasteiger partial charge on any atom is 0.261 e. The first-order valence-electron chi connectivity index (χ1n) is 7.77. The lowest BCUT2D eigenvalue weighted by Crippen LogP contribution is -2.30. The summed E-state index contributed by atoms with van der Waals surface area (Å²) in [6.45, 7) is 5.26. The molecular weight excluding hydrogens is 362 g/mol. The second-order valence-corrected chi connectivity index (χ2v) is 7.97. The van der Waals surface area contributed by atoms with Gasteiger partial charge in [-0.15, -0.1) is 6.58 Å². The number of imidazole rings is 1. The zero-order valence-corrected chi connectivity index (χ0v) is 15.9. The van der Waals surface area contributed by atoms with Gasteiger partial charge in [-0.3, -0.25) is 0 Å². The largest absolute Gasteiger partial charge is 0.356 e. The van der Waals surface area contributed by atoms with Crippen molar-refractivity contribution in [3.05, 3.63) is 48.5 Å². The molecule has 0 aromatic carbocycles. The van der Waals surface area contributed by atoms with Crippen LogP contribution >= 0.6 is 11.6 Å². The van der Waals surface area contributed by atoms with Crippen LogP contribution in [-0.2, 0) is 16.6 Å². The van der Waals surface area contributed by atoms with Crippen molar-refractivity contribution in [1.82, 2.24) is 18.8 Å². The van der Waals surface area contributed by atoms with Gasteiger partial charge in [-0.05, 0) is 18.6 Å². The maximum absolute atomic E-state index is 12.8. The molecule has 0 aliphatic carbocycles. The highest BCUT2D eigenvalue weighted by Gasteiger charge is 2.26. The average Bonchev–Trinajstić information content (AvgIpc) is 3.08. The fraction of sp³-hybridized carbons (Fsp3) is 0.375. The van der Waals surface area contributed by atoms with Crippen molar-refractivity contribution in [2.45, 2.75) is 18.0 Å². The van der Waals surface area contributed by atoms with Crippen LogP contribution in [0.3, 0.4) is 0 Å². The van der Waals surface area contributed by atoms with Crippen molar-refractivity contribution in [3.63, 3.8) is 0 Å². The molecule has 0 spiro atoms. The van der Waals surface area contributed by atoms with Crippen molar-refractivity contribution in [2.75, 3.05) is 32.1 Å². The van der Waals surface area contributed by atoms with Gasteiger partial charge in [-0.1, -0.05) is 17.7 Å². The Morgan fingerprint density at radius 2 is 2.12 bits per heavy atom. The number of aromatic nitrogens is 3. The first kappa shape index (κ1) is 19.4. The van der Waals surface area contributed by atoms with Crippen molar-refractivity contribution in [2.24, 2.45) is 0 Å². The molecular formula is C16H22ClN5O2S. The van der Waals surface area contributed by atoms with Gasteiger partial charge in [0.05, 0.1) is 11.3 Å². The van der Waals surface area contributed by atoms with Crippen molar-refractivity contribution in [3.8, 4) is 0 Å². The average molecular weight is 384 g/mol. The summed E-state index contributed by atoms with van der Waals surface area (Å²) in [6.07, 6.45) is 7.60. The normalized spacial score (nSPS) is 11.7. The van der Waals surface area contributed by atoms with Crippen LogP contribution in [0.4, 0.5) is 5.82 Å². The molecule has 0 bridgehead atoms. The van der Waals surface area contributed by atoms with Crippen LogP contribution in [-0.4, -0.2) is 54.4 Å². The fourth-order valence-corrected chi connectivity index (χ4v) is 3.84. The van der Waals surface area contributed by atoms with Gasteiger partial charge in [0, 0.05) is 46.1 Å². The van der Waals surface area contributed by atoms with E-state index >= 15 is 0 Å². The molecule has 9 heteroatoms. The lowest BCUT2D eigenvalue weighted by atomic mass is 10.4. The summed E-state index contributed by atoms with van der Waals surface area (Å²) in [5.41, 5.74) is 0. The van der Waals surface area contributed by atoms with Gasteiger partial charge in [0.25, 0.3) is 10.0 Å². The number of aryl methyl sites for hydroxylation is 1. The summed E-state index contributed by atoms with van der Waals surface area (Å²) in [5.74, 6) is 0.523. The van der Waals surface area contributed by atoms with Crippen molar-refractivity contribution in [1.29, 1.82) is 0 Å². The van der Waals surface area contributed by atoms with Crippen LogP contribution in [0.1, 0.15) is 6.42 Å². The van der Waals surface area contributed by atoms with E-state index in [1.54, 1.807) is 35.6 Å². The minimum absolute atomic E-state index is 0.109. The predicted molar refractivity (Wildman–Crippen MR) is 99.4 cm³/mol. The highest BCUT2D eigenvalue weighted by atomic mass is 35.5. The summed E-state index contributed by atoms with van der Waals surface area (Å²) < 4.78 is 28.8. The number of anilines is 1. The number of sulfonamides is 1. The molecule has 0 amide bonds. The van der Waals surface area contributed by atoms with E-state index in [0.29, 0.717) is 31.9 Å². The van der Waals surface area contributed by atoms with E-state index < -0.39 is 10.0 Å². The Bertz CT molecular complexity index is 808. The van der Waals surface area contributed by atoms with Gasteiger partial charge in [0.1, 0.15) is 5.82 Å². The molecule has 0 saturated carbocycles. The Morgan fingerprint density at radius 1 is 1.36 bits per heavy atom. The number of hydrogen-bond acceptors (Lipinski definition) is 5. The first-order chi connectivity index (χ1) is 11.9. The molecule has 0 radical (unpaired) electrons. The number of halogens is 1. The number of nitrogens with zero attached hydrogens (tertiary/aromatic N) is 5. The van der Waals surface area contributed by atoms with E-state index in [-0.39, 0.29) is 10.0 Å². The Kier molecular flexibility index (Phi) is 6.57. The minimum atomic E-state index is -3.77. The number of hydrogen-bond donors (Lipinski definition) is 0. The topological polar surface area (TPSA) is 71.3 Å². The van der Waals surface area contributed by atoms with Gasteiger partial charge in [-0.2, -0.15) is 4.31 Å². The molecule has 0 unspecified atom stereocenters. The Morgan fingerprint density at radius 3 is 2.76 bits per heavy atom. The summed E-state index contributed by atoms with van der Waals surface area (Å²) in [4.78, 5) is 10.00. The molecule has 2 aromatic heterocycles. The van der Waals surface area contributed by atoms with Gasteiger partial charge >= 0.3 is 0 Å². The zero-order chi connectivity index (χ0) is 18.4. The van der Waals surface area contributed by atoms with Crippen LogP contribution in [0.5, 0.6) is 0 Å². The maximum atomic E-state index is 12.8. The zero-order valence-electron chi connectivity index (χ0n) is 14.3. The summed E-state index contributed by atoms with van der Waals surface area (Å²) >= 11 is 6.10. The molecule has 0 aliphatic rings. The van der Waals surface area contributed by atoms with Crippen LogP contribution < -0.4 is 4.90 Å². The Hall–Kier alpha value is -1.90. The molecule has 0 atom stereocenters. The number of likely N-dealkylation sites (N-methyl/N-ethyl adjacent to an activating group) is 1. The smallest absolute Gasteiger partial charge is 0.261 e. The van der Waals surface area contributed by atoms with E-state index in [0.717, 1.165) is 0 Å². The van der Waals surface area contributed by atoms with E-state index in [9.17, 15) is 8.42 Å². The molecule has 25 heavy (non-hydrogen) atoms. The molecule has 0 fully saturated rings. The second-order valence-electron chi connectivity index (χ2n) is 5.61. The Balaban J connectivity index is 2.13. The molecule has 2 rings (SSSR count). The molecule has 136 valence electrons. The van der Waals surface area contributed by atoms with Crippen LogP contribution in [0.25, 0.3) is 0 Å². The summed E-state index contributed by atoms with van der Waals surface area (Å²) in [6, 6.07) is 3.24. The van der Waals surface area contributed by atoms with Gasteiger partial charge in [0.2, 0.25) is 0 Å². The quantitative estimate of drug-likeness (QED) is 0.621. The van der Waals surface area contributed by atoms with Crippen LogP contribution in [0, 0.1) is 0 Å². The third kappa shape index (κ3) is 4.81. The molecule has 0 saturated heterocycles. The fourth-order valence-electron chi connectivity index (χ4n) is 2.26. The van der Waals surface area contributed by atoms with Crippen molar-refractivity contribution >= 4 is 27.4 Å². The standard InChI is InChI=1S/C16H22ClN5O2S/c1-4-9-20(2)15-7-6-14(17)16(19-15)25(23,24)21(3)10-5-11-22-12-8-18-13-22/h4,6-8,12-13H,1,5,9-11H2,2-3H3. The van der Waals surface area contributed by atoms with Gasteiger partial charge in [0.15, 0.2) is 5.03 Å². The first-order valence-corrected chi connectivity index (χ1v) is 9.58. The van der Waals surface area contributed by atoms with E-state index in [1.165, 1.54) is 11.4 Å². The summed E-state index contributed by atoms with van der Waals surface area (Å²) in [5, 5.41) is -0.0232. The summed E-state index contributed by atoms with van der Waals surface area (Å²) in [7, 11) is -0.431. The monoisotopic (exact) mass is 383 g/mol. The second kappa shape index (κ2) is 8.46. The lowest BCUT2D eigenvalue weighted by Gasteiger charge is -2.20. The van der Waals surface area contributed by atoms with Crippen molar-refractivity contribution < 1.29 is 8.42 Å². The third-order valence-electron chi connectivity index (χ3n) is 3.70. The van der Waals surface area contributed by atoms with E-state index in [2.05, 4.69) is 16.5 Å². The van der Waals surface area contributed by atoms with Gasteiger partial charge in [-0.25, -0.2) is 18.4 Å². The van der Waals surface area contributed by atoms with Crippen LogP contribution in [0.2, 0.25) is 5.02 Å².